The van der Waals surface area contributed by atoms with Crippen LogP contribution in [0.15, 0.2) is 0 Å². The van der Waals surface area contributed by atoms with Gasteiger partial charge in [-0.25, -0.2) is 0 Å². The number of aliphatic hydroxyl groups is 10. The molecule has 0 aromatic rings. The highest BCUT2D eigenvalue weighted by atomic mass is 16.7. The Bertz CT molecular complexity index is 1400. The lowest BCUT2D eigenvalue weighted by Gasteiger charge is -2.64. The minimum absolute atomic E-state index is 0.00412. The molecule has 22 atom stereocenters. The summed E-state index contributed by atoms with van der Waals surface area (Å²) >= 11 is 0. The molecule has 7 fully saturated rings. The Morgan fingerprint density at radius 1 is 0.696 bits per heavy atom. The molecular weight excluding hydrogens is 728 g/mol. The third kappa shape index (κ3) is 6.32. The van der Waals surface area contributed by atoms with Gasteiger partial charge in [-0.1, -0.05) is 48.5 Å². The van der Waals surface area contributed by atoms with E-state index in [1.54, 1.807) is 0 Å². The second kappa shape index (κ2) is 15.1. The van der Waals surface area contributed by atoms with Gasteiger partial charge in [-0.3, -0.25) is 0 Å². The fourth-order valence-corrected chi connectivity index (χ4v) is 14.4. The van der Waals surface area contributed by atoms with E-state index in [2.05, 4.69) is 34.6 Å². The fraction of sp³-hybridized carbons (Fsp3) is 1.00. The van der Waals surface area contributed by atoms with E-state index in [4.69, 9.17) is 18.9 Å². The van der Waals surface area contributed by atoms with Gasteiger partial charge in [0, 0.05) is 5.41 Å². The Morgan fingerprint density at radius 2 is 1.30 bits per heavy atom. The van der Waals surface area contributed by atoms with Gasteiger partial charge in [0.25, 0.3) is 0 Å². The average molecular weight is 801 g/mol. The molecule has 7 aliphatic rings. The molecule has 10 N–H and O–H groups in total. The number of hydrogen-bond acceptors (Lipinski definition) is 14. The fourth-order valence-electron chi connectivity index (χ4n) is 14.4. The van der Waals surface area contributed by atoms with Crippen LogP contribution >= 0.6 is 0 Å². The van der Waals surface area contributed by atoms with Crippen LogP contribution in [0.25, 0.3) is 0 Å². The monoisotopic (exact) mass is 800 g/mol. The van der Waals surface area contributed by atoms with Gasteiger partial charge in [0.1, 0.15) is 48.8 Å². The van der Waals surface area contributed by atoms with E-state index in [1.807, 2.05) is 13.8 Å². The lowest BCUT2D eigenvalue weighted by atomic mass is 9.41. The van der Waals surface area contributed by atoms with Crippen LogP contribution in [-0.4, -0.2) is 150 Å². The molecule has 0 bridgehead atoms. The number of aliphatic hydroxyl groups excluding tert-OH is 10. The van der Waals surface area contributed by atoms with E-state index < -0.39 is 92.2 Å². The minimum atomic E-state index is -1.66. The molecule has 0 amide bonds. The van der Waals surface area contributed by atoms with Crippen molar-refractivity contribution < 1.29 is 70.0 Å². The molecule has 14 heteroatoms. The molecule has 2 saturated heterocycles. The van der Waals surface area contributed by atoms with Crippen molar-refractivity contribution in [2.75, 3.05) is 13.2 Å². The first-order valence-corrected chi connectivity index (χ1v) is 21.4. The van der Waals surface area contributed by atoms with E-state index in [1.165, 1.54) is 0 Å². The third-order valence-electron chi connectivity index (χ3n) is 17.7. The Balaban J connectivity index is 1.04. The predicted octanol–water partition coefficient (Wildman–Crippen LogP) is 0.810. The van der Waals surface area contributed by atoms with Crippen molar-refractivity contribution in [2.45, 2.75) is 192 Å². The zero-order valence-corrected chi connectivity index (χ0v) is 34.4. The number of ether oxygens (including phenoxy) is 4. The number of fused-ring (bicyclic) bond motifs is 2. The molecular formula is C42H72O14. The standard InChI is InChI=1S/C42H72O14/c1-19(2)21(44)9-8-20(3)29-22(45)14-39(6)26-11-10-25-38(4,5)28(12-13-41(25)18-42(26,41)15-27(46)40(29,39)7)56-37-35(52)33(50)31(48)24(55-37)17-53-36-34(51)32(49)30(47)23(16-43)54-36/h19-37,43-52H,8-18H2,1-7H3/t20-,21?,22+,23-,24-,25+,26+,27?,28+,29+,30-,31-,32+,33+,34-,35-,36-,37+,39+,40-,41-,42+/m1/s1. The summed E-state index contributed by atoms with van der Waals surface area (Å²) < 4.78 is 23.7. The lowest BCUT2D eigenvalue weighted by Crippen LogP contribution is -2.64. The van der Waals surface area contributed by atoms with Gasteiger partial charge >= 0.3 is 0 Å². The lowest BCUT2D eigenvalue weighted by molar-refractivity contribution is -0.343. The van der Waals surface area contributed by atoms with Crippen molar-refractivity contribution in [2.24, 2.45) is 56.7 Å². The summed E-state index contributed by atoms with van der Waals surface area (Å²) in [7, 11) is 0. The molecule has 2 spiro atoms. The van der Waals surface area contributed by atoms with E-state index >= 15 is 0 Å². The molecule has 2 aliphatic heterocycles. The van der Waals surface area contributed by atoms with Crippen molar-refractivity contribution in [1.29, 1.82) is 0 Å². The number of hydrogen-bond donors (Lipinski definition) is 10. The second-order valence-electron chi connectivity index (χ2n) is 20.8. The van der Waals surface area contributed by atoms with Crippen LogP contribution in [0.5, 0.6) is 0 Å². The van der Waals surface area contributed by atoms with E-state index in [9.17, 15) is 51.1 Å². The molecule has 0 aromatic heterocycles. The highest BCUT2D eigenvalue weighted by Gasteiger charge is 2.84. The molecule has 7 rings (SSSR count). The summed E-state index contributed by atoms with van der Waals surface area (Å²) in [6.07, 6.45) is -9.31. The minimum Gasteiger partial charge on any atom is -0.394 e. The average Bonchev–Trinajstić information content (AvgIpc) is 3.74. The maximum absolute atomic E-state index is 12.4. The van der Waals surface area contributed by atoms with Crippen LogP contribution in [0.4, 0.5) is 0 Å². The summed E-state index contributed by atoms with van der Waals surface area (Å²) in [5.41, 5.74) is -1.14. The maximum Gasteiger partial charge on any atom is 0.186 e. The van der Waals surface area contributed by atoms with Crippen molar-refractivity contribution in [3.63, 3.8) is 0 Å². The van der Waals surface area contributed by atoms with Crippen LogP contribution < -0.4 is 0 Å². The Kier molecular flexibility index (Phi) is 11.7. The maximum atomic E-state index is 12.4. The van der Waals surface area contributed by atoms with Gasteiger partial charge in [0.05, 0.1) is 37.6 Å². The SMILES string of the molecule is CC(C)C(O)CC[C@@H](C)[C@H]1[C@@H](O)C[C@@]2(C)[C@@H]3CC[C@H]4C(C)(C)[C@@H](O[C@@H]5O[C@H](CO[C@@H]6O[C@H](CO)[C@@H](O)[C@H](O)[C@H]6O)[C@@H](O)[C@H](O)[C@H]5O)CC[C@@]45C[C@@]35CC(O)[C@]12C. The van der Waals surface area contributed by atoms with Gasteiger partial charge < -0.3 is 70.0 Å². The summed E-state index contributed by atoms with van der Waals surface area (Å²) in [4.78, 5) is 0. The van der Waals surface area contributed by atoms with Crippen LogP contribution in [-0.2, 0) is 18.9 Å². The molecule has 324 valence electrons. The van der Waals surface area contributed by atoms with Gasteiger partial charge in [0.2, 0.25) is 0 Å². The zero-order chi connectivity index (χ0) is 41.1. The van der Waals surface area contributed by atoms with E-state index in [0.717, 1.165) is 32.1 Å². The normalized spacial score (nSPS) is 54.8. The van der Waals surface area contributed by atoms with Gasteiger partial charge in [-0.2, -0.15) is 0 Å². The number of rotatable bonds is 11. The zero-order valence-electron chi connectivity index (χ0n) is 34.4. The van der Waals surface area contributed by atoms with Gasteiger partial charge in [0.15, 0.2) is 12.6 Å². The molecule has 5 aliphatic carbocycles. The molecule has 0 aromatic carbocycles. The molecule has 5 saturated carbocycles. The third-order valence-corrected chi connectivity index (χ3v) is 17.7. The Morgan fingerprint density at radius 3 is 1.95 bits per heavy atom. The van der Waals surface area contributed by atoms with Gasteiger partial charge in [-0.15, -0.1) is 0 Å². The van der Waals surface area contributed by atoms with E-state index in [-0.39, 0.29) is 57.5 Å². The molecule has 0 radical (unpaired) electrons. The summed E-state index contributed by atoms with van der Waals surface area (Å²) in [5, 5.41) is 108. The smallest absolute Gasteiger partial charge is 0.186 e. The second-order valence-corrected chi connectivity index (χ2v) is 20.8. The molecule has 2 heterocycles. The first-order valence-electron chi connectivity index (χ1n) is 21.4. The Labute approximate surface area is 331 Å². The van der Waals surface area contributed by atoms with Crippen molar-refractivity contribution in [3.8, 4) is 0 Å². The van der Waals surface area contributed by atoms with Crippen LogP contribution in [0.2, 0.25) is 0 Å². The predicted molar refractivity (Wildman–Crippen MR) is 200 cm³/mol. The highest BCUT2D eigenvalue weighted by Crippen LogP contribution is 2.89. The summed E-state index contributed by atoms with van der Waals surface area (Å²) in [6.45, 7) is 14.2. The van der Waals surface area contributed by atoms with E-state index in [0.29, 0.717) is 31.6 Å². The summed E-state index contributed by atoms with van der Waals surface area (Å²) in [5.74, 6) is 0.873. The van der Waals surface area contributed by atoms with Crippen molar-refractivity contribution in [1.82, 2.24) is 0 Å². The summed E-state index contributed by atoms with van der Waals surface area (Å²) in [6, 6.07) is 0. The van der Waals surface area contributed by atoms with Crippen LogP contribution in [0.1, 0.15) is 106 Å². The van der Waals surface area contributed by atoms with Crippen LogP contribution in [0, 0.1) is 56.7 Å². The van der Waals surface area contributed by atoms with Crippen molar-refractivity contribution >= 4 is 0 Å². The Hall–Kier alpha value is -0.560. The molecule has 2 unspecified atom stereocenters. The first-order chi connectivity index (χ1) is 26.1. The first kappa shape index (κ1) is 43.5. The topological polar surface area (TPSA) is 239 Å². The molecule has 14 nitrogen and oxygen atoms in total. The quantitative estimate of drug-likeness (QED) is 0.130. The van der Waals surface area contributed by atoms with Crippen molar-refractivity contribution in [3.05, 3.63) is 0 Å². The highest BCUT2D eigenvalue weighted by molar-refractivity contribution is 5.32. The van der Waals surface area contributed by atoms with Crippen LogP contribution in [0.3, 0.4) is 0 Å². The van der Waals surface area contributed by atoms with Gasteiger partial charge in [-0.05, 0) is 109 Å². The molecule has 56 heavy (non-hydrogen) atoms. The largest absolute Gasteiger partial charge is 0.394 e.